The second kappa shape index (κ2) is 9.09. The number of benzene rings is 1. The molecule has 2 aromatic rings. The molecule has 0 radical (unpaired) electrons. The van der Waals surface area contributed by atoms with Gasteiger partial charge in [-0.3, -0.25) is 0 Å². The summed E-state index contributed by atoms with van der Waals surface area (Å²) in [5, 5.41) is 10.2. The van der Waals surface area contributed by atoms with E-state index >= 15 is 0 Å². The van der Waals surface area contributed by atoms with Crippen LogP contribution in [0.2, 0.25) is 0 Å². The third-order valence-electron chi connectivity index (χ3n) is 5.64. The van der Waals surface area contributed by atoms with Gasteiger partial charge >= 0.3 is 6.18 Å². The van der Waals surface area contributed by atoms with Gasteiger partial charge in [0.05, 0.1) is 17.7 Å². The molecule has 1 aliphatic heterocycles. The number of nitrogens with zero attached hydrogens (tertiary/aromatic N) is 2. The Bertz CT molecular complexity index is 1080. The molecule has 31 heavy (non-hydrogen) atoms. The summed E-state index contributed by atoms with van der Waals surface area (Å²) in [6.07, 6.45) is 0.268. The zero-order valence-electron chi connectivity index (χ0n) is 17.5. The minimum Gasteiger partial charge on any atom is -0.392 e. The van der Waals surface area contributed by atoms with Gasteiger partial charge in [-0.25, -0.2) is 9.38 Å². The topological polar surface area (TPSA) is 51.6 Å². The molecule has 3 rings (SSSR count). The molecule has 0 atom stereocenters. The summed E-state index contributed by atoms with van der Waals surface area (Å²) in [6, 6.07) is 3.12. The fourth-order valence-electron chi connectivity index (χ4n) is 3.89. The van der Waals surface area contributed by atoms with Crippen LogP contribution in [0.3, 0.4) is 0 Å². The van der Waals surface area contributed by atoms with E-state index in [4.69, 9.17) is 0 Å². The summed E-state index contributed by atoms with van der Waals surface area (Å²) in [5.41, 5.74) is 2.55. The van der Waals surface area contributed by atoms with Crippen molar-refractivity contribution in [1.82, 2.24) is 9.88 Å². The average molecular weight is 435 g/mol. The Kier molecular flexibility index (Phi) is 6.69. The average Bonchev–Trinajstić information content (AvgIpc) is 3.21. The fraction of sp³-hybridized carbons (Fsp3) is 0.348. The second-order valence-electron chi connectivity index (χ2n) is 7.53. The number of hydrogen-bond acceptors (Lipinski definition) is 2. The van der Waals surface area contributed by atoms with E-state index in [-0.39, 0.29) is 6.61 Å². The van der Waals surface area contributed by atoms with E-state index < -0.39 is 17.6 Å². The number of piperidine rings is 1. The van der Waals surface area contributed by atoms with Gasteiger partial charge in [0.2, 0.25) is 0 Å². The molecule has 1 aromatic heterocycles. The number of allylic oxidation sites excluding steroid dienone is 3. The first-order chi connectivity index (χ1) is 14.7. The lowest BCUT2D eigenvalue weighted by Crippen LogP contribution is -2.35. The number of fused-ring (bicyclic) bond motifs is 1. The fourth-order valence-corrected chi connectivity index (χ4v) is 3.89. The number of halogens is 4. The predicted molar refractivity (Wildman–Crippen MR) is 115 cm³/mol. The van der Waals surface area contributed by atoms with Crippen LogP contribution in [0.5, 0.6) is 0 Å². The molecule has 0 amide bonds. The van der Waals surface area contributed by atoms with Gasteiger partial charge < -0.3 is 15.0 Å². The highest BCUT2D eigenvalue weighted by Gasteiger charge is 2.31. The van der Waals surface area contributed by atoms with Gasteiger partial charge in [-0.05, 0) is 50.0 Å². The van der Waals surface area contributed by atoms with Gasteiger partial charge in [0, 0.05) is 42.0 Å². The van der Waals surface area contributed by atoms with E-state index in [1.54, 1.807) is 19.2 Å². The normalized spacial score (nSPS) is 18.0. The maximum Gasteiger partial charge on any atom is 0.417 e. The van der Waals surface area contributed by atoms with Crippen molar-refractivity contribution in [2.75, 3.05) is 13.1 Å². The summed E-state index contributed by atoms with van der Waals surface area (Å²) in [5.74, 6) is 0.0453. The summed E-state index contributed by atoms with van der Waals surface area (Å²) >= 11 is 0. The Morgan fingerprint density at radius 1 is 1.35 bits per heavy atom. The molecule has 0 unspecified atom stereocenters. The Hall–Kier alpha value is -2.87. The molecule has 0 bridgehead atoms. The number of likely N-dealkylation sites (tertiary alicyclic amines) is 1. The van der Waals surface area contributed by atoms with Gasteiger partial charge in [-0.1, -0.05) is 12.7 Å². The van der Waals surface area contributed by atoms with Crippen molar-refractivity contribution in [3.63, 3.8) is 0 Å². The highest BCUT2D eigenvalue weighted by Crippen LogP contribution is 2.34. The van der Waals surface area contributed by atoms with E-state index in [1.807, 2.05) is 11.8 Å². The van der Waals surface area contributed by atoms with Crippen molar-refractivity contribution in [1.29, 1.82) is 0 Å². The molecule has 1 saturated heterocycles. The summed E-state index contributed by atoms with van der Waals surface area (Å²) in [4.78, 5) is 8.94. The number of hydrogen-bond donors (Lipinski definition) is 2. The molecule has 0 aliphatic carbocycles. The molecule has 0 spiro atoms. The molecule has 1 aliphatic rings. The van der Waals surface area contributed by atoms with E-state index in [1.165, 1.54) is 6.07 Å². The maximum atomic E-state index is 14.9. The number of aliphatic imine (C=N–C) groups is 1. The molecule has 2 heterocycles. The number of rotatable bonds is 4. The van der Waals surface area contributed by atoms with Crippen LogP contribution in [0.1, 0.15) is 37.8 Å². The number of aromatic nitrogens is 1. The SMILES string of the molecule is C=C/C(=C\N=C(/C)N1CCC/C(=C(\C)c2c(F)cc(CO)c3[nH]ccc23)C1)C(F)(F)F. The number of alkyl halides is 3. The summed E-state index contributed by atoms with van der Waals surface area (Å²) in [7, 11) is 0. The maximum absolute atomic E-state index is 14.9. The largest absolute Gasteiger partial charge is 0.417 e. The van der Waals surface area contributed by atoms with Gasteiger partial charge in [-0.15, -0.1) is 0 Å². The Labute approximate surface area is 178 Å². The molecule has 0 saturated carbocycles. The molecular formula is C23H25F4N3O. The van der Waals surface area contributed by atoms with Crippen LogP contribution in [0, 0.1) is 5.82 Å². The quantitative estimate of drug-likeness (QED) is 0.279. The molecule has 2 N–H and O–H groups in total. The van der Waals surface area contributed by atoms with Gasteiger partial charge in [0.25, 0.3) is 0 Å². The third kappa shape index (κ3) is 4.74. The number of aliphatic hydroxyl groups excluding tert-OH is 1. The van der Waals surface area contributed by atoms with Crippen LogP contribution >= 0.6 is 0 Å². The standard InChI is InChI=1S/C23H25F4N3O/c1-4-18(23(25,26)27)11-29-15(3)30-9-5-6-16(12-30)14(2)21-19-7-8-28-22(19)17(13-31)10-20(21)24/h4,7-8,10-11,28,31H,1,5-6,9,12-13H2,2-3H3/b16-14-,18-11+,29-15+. The summed E-state index contributed by atoms with van der Waals surface area (Å²) < 4.78 is 53.6. The molecule has 1 fully saturated rings. The Balaban J connectivity index is 1.95. The molecule has 166 valence electrons. The molecule has 8 heteroatoms. The van der Waals surface area contributed by atoms with E-state index in [0.29, 0.717) is 41.0 Å². The van der Waals surface area contributed by atoms with Gasteiger partial charge in [0.15, 0.2) is 0 Å². The first kappa shape index (κ1) is 22.8. The van der Waals surface area contributed by atoms with Crippen molar-refractivity contribution in [2.45, 2.75) is 39.5 Å². The highest BCUT2D eigenvalue weighted by atomic mass is 19.4. The predicted octanol–water partition coefficient (Wildman–Crippen LogP) is 5.72. The van der Waals surface area contributed by atoms with Crippen LogP contribution < -0.4 is 0 Å². The number of amidine groups is 1. The number of aromatic amines is 1. The van der Waals surface area contributed by atoms with Crippen LogP contribution in [0.4, 0.5) is 17.6 Å². The van der Waals surface area contributed by atoms with E-state index in [9.17, 15) is 22.7 Å². The van der Waals surface area contributed by atoms with E-state index in [0.717, 1.165) is 36.3 Å². The number of H-pyrrole nitrogens is 1. The minimum atomic E-state index is -4.50. The Morgan fingerprint density at radius 2 is 2.10 bits per heavy atom. The number of nitrogens with one attached hydrogen (secondary N) is 1. The Morgan fingerprint density at radius 3 is 2.74 bits per heavy atom. The zero-order chi connectivity index (χ0) is 22.8. The highest BCUT2D eigenvalue weighted by molar-refractivity contribution is 5.95. The zero-order valence-corrected chi connectivity index (χ0v) is 17.5. The van der Waals surface area contributed by atoms with Crippen molar-refractivity contribution in [2.24, 2.45) is 4.99 Å². The van der Waals surface area contributed by atoms with Crippen LogP contribution in [0.15, 0.2) is 53.3 Å². The molecular weight excluding hydrogens is 410 g/mol. The van der Waals surface area contributed by atoms with Crippen molar-refractivity contribution in [3.05, 3.63) is 65.3 Å². The lowest BCUT2D eigenvalue weighted by molar-refractivity contribution is -0.0883. The molecule has 1 aromatic carbocycles. The lowest BCUT2D eigenvalue weighted by atomic mass is 9.92. The van der Waals surface area contributed by atoms with Crippen molar-refractivity contribution >= 4 is 22.3 Å². The van der Waals surface area contributed by atoms with Gasteiger partial charge in [-0.2, -0.15) is 13.2 Å². The monoisotopic (exact) mass is 435 g/mol. The van der Waals surface area contributed by atoms with Gasteiger partial charge in [0.1, 0.15) is 11.7 Å². The van der Waals surface area contributed by atoms with Crippen LogP contribution in [0.25, 0.3) is 16.5 Å². The van der Waals surface area contributed by atoms with Crippen molar-refractivity contribution in [3.8, 4) is 0 Å². The number of aliphatic hydroxyl groups is 1. The third-order valence-corrected chi connectivity index (χ3v) is 5.64. The van der Waals surface area contributed by atoms with Crippen LogP contribution in [-0.2, 0) is 6.61 Å². The minimum absolute atomic E-state index is 0.272. The second-order valence-corrected chi connectivity index (χ2v) is 7.53. The first-order valence-corrected chi connectivity index (χ1v) is 9.94. The summed E-state index contributed by atoms with van der Waals surface area (Å²) in [6.45, 7) is 7.55. The van der Waals surface area contributed by atoms with E-state index in [2.05, 4.69) is 16.6 Å². The smallest absolute Gasteiger partial charge is 0.392 e. The van der Waals surface area contributed by atoms with Crippen LogP contribution in [-0.4, -0.2) is 40.1 Å². The lowest BCUT2D eigenvalue weighted by Gasteiger charge is -2.31. The first-order valence-electron chi connectivity index (χ1n) is 9.94. The molecule has 4 nitrogen and oxygen atoms in total. The van der Waals surface area contributed by atoms with Crippen molar-refractivity contribution < 1.29 is 22.7 Å².